The lowest BCUT2D eigenvalue weighted by Crippen LogP contribution is -2.42. The van der Waals surface area contributed by atoms with Crippen molar-refractivity contribution in [2.24, 2.45) is 0 Å². The Bertz CT molecular complexity index is 732. The molecule has 0 atom stereocenters. The minimum absolute atomic E-state index is 0.0387. The van der Waals surface area contributed by atoms with Crippen molar-refractivity contribution in [3.63, 3.8) is 0 Å². The molecule has 0 bridgehead atoms. The van der Waals surface area contributed by atoms with Crippen molar-refractivity contribution in [3.05, 3.63) is 41.6 Å². The molecule has 164 valence electrons. The summed E-state index contributed by atoms with van der Waals surface area (Å²) < 4.78 is 0. The van der Waals surface area contributed by atoms with Gasteiger partial charge in [-0.2, -0.15) is 0 Å². The fraction of sp³-hybridized carbons (Fsp3) is 0.600. The van der Waals surface area contributed by atoms with Crippen LogP contribution in [-0.2, 0) is 9.59 Å². The van der Waals surface area contributed by atoms with Gasteiger partial charge in [0.05, 0.1) is 12.2 Å². The quantitative estimate of drug-likeness (QED) is 0.730. The van der Waals surface area contributed by atoms with E-state index in [1.165, 1.54) is 49.8 Å². The molecule has 5 nitrogen and oxygen atoms in total. The largest absolute Gasteiger partial charge is 0.395 e. The van der Waals surface area contributed by atoms with Gasteiger partial charge in [0.2, 0.25) is 0 Å². The average Bonchev–Trinajstić information content (AvgIpc) is 3.00. The Kier molecular flexibility index (Phi) is 8.50. The Hall–Kier alpha value is -2.14. The summed E-state index contributed by atoms with van der Waals surface area (Å²) >= 11 is 0. The van der Waals surface area contributed by atoms with E-state index in [4.69, 9.17) is 0 Å². The van der Waals surface area contributed by atoms with Gasteiger partial charge in [0, 0.05) is 19.6 Å². The molecule has 0 spiro atoms. The molecule has 0 saturated heterocycles. The predicted octanol–water partition coefficient (Wildman–Crippen LogP) is 4.36. The van der Waals surface area contributed by atoms with Crippen molar-refractivity contribution in [2.45, 2.75) is 76.7 Å². The van der Waals surface area contributed by atoms with Gasteiger partial charge in [-0.15, -0.1) is 0 Å². The number of hydrogen-bond acceptors (Lipinski definition) is 4. The van der Waals surface area contributed by atoms with E-state index in [1.807, 2.05) is 30.3 Å². The van der Waals surface area contributed by atoms with Crippen LogP contribution in [0.1, 0.15) is 76.2 Å². The highest BCUT2D eigenvalue weighted by atomic mass is 16.3. The fourth-order valence-electron chi connectivity index (χ4n) is 4.75. The minimum atomic E-state index is -0.202. The van der Waals surface area contributed by atoms with E-state index in [0.717, 1.165) is 31.2 Å². The molecule has 1 aliphatic carbocycles. The fourth-order valence-corrected chi connectivity index (χ4v) is 4.75. The number of aliphatic hydroxyl groups is 1. The Morgan fingerprint density at radius 3 is 1.93 bits per heavy atom. The summed E-state index contributed by atoms with van der Waals surface area (Å²) in [6, 6.07) is 9.43. The normalized spacial score (nSPS) is 20.3. The van der Waals surface area contributed by atoms with Crippen molar-refractivity contribution >= 4 is 17.4 Å². The molecule has 1 N–H and O–H groups in total. The monoisotopic (exact) mass is 412 g/mol. The Morgan fingerprint density at radius 2 is 1.40 bits per heavy atom. The minimum Gasteiger partial charge on any atom is -0.395 e. The van der Waals surface area contributed by atoms with Crippen LogP contribution in [0.5, 0.6) is 0 Å². The molecule has 0 unspecified atom stereocenters. The molecule has 5 heteroatoms. The first-order valence-electron chi connectivity index (χ1n) is 11.6. The van der Waals surface area contributed by atoms with Gasteiger partial charge in [-0.05, 0) is 18.4 Å². The summed E-state index contributed by atoms with van der Waals surface area (Å²) in [6.45, 7) is 0.260. The Morgan fingerprint density at radius 1 is 0.867 bits per heavy atom. The Balaban J connectivity index is 1.87. The van der Waals surface area contributed by atoms with Gasteiger partial charge < -0.3 is 10.0 Å². The summed E-state index contributed by atoms with van der Waals surface area (Å²) in [6.07, 6.45) is 12.6. The smallest absolute Gasteiger partial charge is 0.278 e. The number of carbonyl (C=O) groups is 2. The van der Waals surface area contributed by atoms with Crippen LogP contribution in [0.4, 0.5) is 0 Å². The molecule has 0 aromatic heterocycles. The number of benzene rings is 1. The van der Waals surface area contributed by atoms with Crippen LogP contribution in [0.25, 0.3) is 5.57 Å². The second-order valence-electron chi connectivity index (χ2n) is 8.63. The molecule has 1 aromatic rings. The molecule has 30 heavy (non-hydrogen) atoms. The Labute approximate surface area is 180 Å². The van der Waals surface area contributed by atoms with Crippen molar-refractivity contribution < 1.29 is 14.7 Å². The first-order valence-corrected chi connectivity index (χ1v) is 11.6. The summed E-state index contributed by atoms with van der Waals surface area (Å²) in [5.74, 6) is -0.380. The zero-order chi connectivity index (χ0) is 21.3. The molecular weight excluding hydrogens is 376 g/mol. The van der Waals surface area contributed by atoms with Gasteiger partial charge in [-0.3, -0.25) is 14.5 Å². The van der Waals surface area contributed by atoms with E-state index in [-0.39, 0.29) is 24.5 Å². The lowest BCUT2D eigenvalue weighted by Gasteiger charge is -2.28. The lowest BCUT2D eigenvalue weighted by atomic mass is 9.96. The summed E-state index contributed by atoms with van der Waals surface area (Å²) in [7, 11) is 1.78. The van der Waals surface area contributed by atoms with E-state index in [0.29, 0.717) is 17.8 Å². The molecule has 1 aliphatic heterocycles. The highest BCUT2D eigenvalue weighted by Gasteiger charge is 2.43. The van der Waals surface area contributed by atoms with Gasteiger partial charge in [0.25, 0.3) is 11.8 Å². The van der Waals surface area contributed by atoms with Crippen molar-refractivity contribution in [3.8, 4) is 0 Å². The molecule has 1 aromatic carbocycles. The second-order valence-corrected chi connectivity index (χ2v) is 8.63. The zero-order valence-corrected chi connectivity index (χ0v) is 18.3. The van der Waals surface area contributed by atoms with Gasteiger partial charge in [-0.1, -0.05) is 88.1 Å². The molecule has 3 rings (SSSR count). The summed E-state index contributed by atoms with van der Waals surface area (Å²) in [5.41, 5.74) is 1.67. The van der Waals surface area contributed by atoms with E-state index >= 15 is 0 Å². The number of carbonyl (C=O) groups excluding carboxylic acids is 2. The number of rotatable bonds is 5. The molecule has 1 heterocycles. The van der Waals surface area contributed by atoms with Crippen LogP contribution in [0.3, 0.4) is 0 Å². The maximum atomic E-state index is 13.6. The van der Waals surface area contributed by atoms with Gasteiger partial charge in [-0.25, -0.2) is 0 Å². The first-order chi connectivity index (χ1) is 14.6. The number of hydrogen-bond donors (Lipinski definition) is 1. The van der Waals surface area contributed by atoms with Crippen LogP contribution in [0.2, 0.25) is 0 Å². The highest BCUT2D eigenvalue weighted by molar-refractivity contribution is 6.35. The van der Waals surface area contributed by atoms with E-state index in [1.54, 1.807) is 11.9 Å². The molecule has 0 radical (unpaired) electrons. The van der Waals surface area contributed by atoms with Gasteiger partial charge in [0.1, 0.15) is 5.70 Å². The van der Waals surface area contributed by atoms with Crippen LogP contribution in [0.15, 0.2) is 36.0 Å². The topological polar surface area (TPSA) is 60.9 Å². The molecular formula is C25H36N2O3. The SMILES string of the molecule is CN(CCO)C1=C(c2ccccc2)C(=O)N(C2CCCCCCCCCCC2)C1=O. The van der Waals surface area contributed by atoms with Crippen LogP contribution in [0, 0.1) is 0 Å². The number of aliphatic hydroxyl groups excluding tert-OH is 1. The predicted molar refractivity (Wildman–Crippen MR) is 120 cm³/mol. The van der Waals surface area contributed by atoms with Crippen molar-refractivity contribution in [2.75, 3.05) is 20.2 Å². The number of imide groups is 1. The summed E-state index contributed by atoms with van der Waals surface area (Å²) in [5, 5.41) is 9.42. The van der Waals surface area contributed by atoms with E-state index in [2.05, 4.69) is 0 Å². The van der Waals surface area contributed by atoms with E-state index in [9.17, 15) is 14.7 Å². The third-order valence-corrected chi connectivity index (χ3v) is 6.41. The molecule has 2 aliphatic rings. The van der Waals surface area contributed by atoms with E-state index < -0.39 is 0 Å². The van der Waals surface area contributed by atoms with Crippen LogP contribution in [-0.4, -0.2) is 53.0 Å². The first kappa shape index (κ1) is 22.5. The maximum absolute atomic E-state index is 13.6. The van der Waals surface area contributed by atoms with Crippen molar-refractivity contribution in [1.29, 1.82) is 0 Å². The standard InChI is InChI=1S/C25H36N2O3/c1-26(18-19-28)23-22(20-14-10-9-11-15-20)24(29)27(25(23)30)21-16-12-7-5-3-2-4-6-8-13-17-21/h9-11,14-15,21,28H,2-8,12-13,16-19H2,1H3. The van der Waals surface area contributed by atoms with Gasteiger partial charge in [0.15, 0.2) is 0 Å². The van der Waals surface area contributed by atoms with Crippen LogP contribution < -0.4 is 0 Å². The van der Waals surface area contributed by atoms with Gasteiger partial charge >= 0.3 is 0 Å². The number of amides is 2. The molecule has 1 saturated carbocycles. The number of nitrogens with zero attached hydrogens (tertiary/aromatic N) is 2. The second kappa shape index (κ2) is 11.3. The maximum Gasteiger partial charge on any atom is 0.278 e. The third-order valence-electron chi connectivity index (χ3n) is 6.41. The average molecular weight is 413 g/mol. The highest BCUT2D eigenvalue weighted by Crippen LogP contribution is 2.34. The molecule has 1 fully saturated rings. The molecule has 2 amide bonds. The third kappa shape index (κ3) is 5.31. The van der Waals surface area contributed by atoms with Crippen LogP contribution >= 0.6 is 0 Å². The van der Waals surface area contributed by atoms with Crippen molar-refractivity contribution in [1.82, 2.24) is 9.80 Å². The lowest BCUT2D eigenvalue weighted by molar-refractivity contribution is -0.140. The summed E-state index contributed by atoms with van der Waals surface area (Å²) in [4.78, 5) is 30.4. The zero-order valence-electron chi connectivity index (χ0n) is 18.3. The number of likely N-dealkylation sites (N-methyl/N-ethyl adjacent to an activating group) is 1.